The van der Waals surface area contributed by atoms with Gasteiger partial charge < -0.3 is 5.11 Å². The largest absolute Gasteiger partial charge is 0.505 e. The van der Waals surface area contributed by atoms with Crippen molar-refractivity contribution in [1.29, 1.82) is 0 Å². The van der Waals surface area contributed by atoms with Crippen LogP contribution in [-0.2, 0) is 0 Å². The quantitative estimate of drug-likeness (QED) is 0.598. The van der Waals surface area contributed by atoms with Crippen molar-refractivity contribution < 1.29 is 5.11 Å². The van der Waals surface area contributed by atoms with Crippen LogP contribution in [0.5, 0.6) is 5.75 Å². The average Bonchev–Trinajstić information content (AvgIpc) is 2.32. The lowest BCUT2D eigenvalue weighted by Crippen LogP contribution is -1.85. The first-order valence-electron chi connectivity index (χ1n) is 4.87. The summed E-state index contributed by atoms with van der Waals surface area (Å²) in [6.07, 6.45) is 5.08. The number of hydrogen-bond acceptors (Lipinski definition) is 1. The highest BCUT2D eigenvalue weighted by Gasteiger charge is 2.06. The van der Waals surface area contributed by atoms with E-state index in [0.29, 0.717) is 5.56 Å². The van der Waals surface area contributed by atoms with Crippen LogP contribution in [0.4, 0.5) is 0 Å². The van der Waals surface area contributed by atoms with Crippen molar-refractivity contribution in [3.63, 3.8) is 0 Å². The van der Waals surface area contributed by atoms with Crippen LogP contribution in [0, 0.1) is 12.3 Å². The summed E-state index contributed by atoms with van der Waals surface area (Å²) in [4.78, 5) is 0. The van der Waals surface area contributed by atoms with E-state index in [2.05, 4.69) is 30.2 Å². The molecule has 2 aliphatic carbocycles. The molecule has 2 aliphatic rings. The van der Waals surface area contributed by atoms with Crippen molar-refractivity contribution in [2.24, 2.45) is 0 Å². The van der Waals surface area contributed by atoms with E-state index >= 15 is 0 Å². The highest BCUT2D eigenvalue weighted by molar-refractivity contribution is 6.37. The third kappa shape index (κ3) is 2.24. The molecule has 3 rings (SSSR count). The van der Waals surface area contributed by atoms with Crippen LogP contribution in [-0.4, -0.2) is 5.11 Å². The number of phenols is 1. The molecule has 1 N–H and O–H groups in total. The van der Waals surface area contributed by atoms with Crippen LogP contribution < -0.4 is 0 Å². The van der Waals surface area contributed by atoms with E-state index < -0.39 is 0 Å². The highest BCUT2D eigenvalue weighted by atomic mass is 35.5. The molecule has 0 amide bonds. The Morgan fingerprint density at radius 1 is 0.941 bits per heavy atom. The molecule has 1 aromatic rings. The molecule has 3 heteroatoms. The summed E-state index contributed by atoms with van der Waals surface area (Å²) >= 11 is 11.2. The van der Waals surface area contributed by atoms with Gasteiger partial charge in [-0.25, -0.2) is 0 Å². The van der Waals surface area contributed by atoms with Gasteiger partial charge in [0.05, 0.1) is 10.0 Å². The molecule has 0 saturated carbocycles. The minimum Gasteiger partial charge on any atom is -0.505 e. The molecular formula is C14H8Cl2O. The molecule has 0 fully saturated rings. The maximum Gasteiger partial charge on any atom is 0.154 e. The minimum absolute atomic E-state index is 0.125. The van der Waals surface area contributed by atoms with Crippen LogP contribution in [0.3, 0.4) is 0 Å². The van der Waals surface area contributed by atoms with Gasteiger partial charge in [-0.1, -0.05) is 53.4 Å². The Bertz CT molecular complexity index is 574. The van der Waals surface area contributed by atoms with Crippen molar-refractivity contribution >= 4 is 23.2 Å². The van der Waals surface area contributed by atoms with Gasteiger partial charge in [-0.3, -0.25) is 0 Å². The average molecular weight is 263 g/mol. The summed E-state index contributed by atoms with van der Waals surface area (Å²) in [7, 11) is 0. The number of rotatable bonds is 0. The van der Waals surface area contributed by atoms with Crippen molar-refractivity contribution in [1.82, 2.24) is 0 Å². The van der Waals surface area contributed by atoms with Crippen molar-refractivity contribution in [3.05, 3.63) is 52.0 Å². The molecule has 0 spiro atoms. The summed E-state index contributed by atoms with van der Waals surface area (Å²) in [5.74, 6) is 2.15. The first-order chi connectivity index (χ1) is 8.13. The standard InChI is InChI=1S/C8H4Cl2O.C6H4/c1-2-5-3-4-6(9)8(11)7(5)10;1-2-6-4-3-5(1)6/h1,3-4,11H;1-4H. The maximum absolute atomic E-state index is 9.16. The molecular weight excluding hydrogens is 255 g/mol. The van der Waals surface area contributed by atoms with Gasteiger partial charge in [0, 0.05) is 5.56 Å². The SMILES string of the molecule is C#Cc1ccc(Cl)c(O)c1Cl.c1cc2ccc1-2. The normalized spacial score (nSPS) is 9.94. The topological polar surface area (TPSA) is 20.2 Å². The Kier molecular flexibility index (Phi) is 3.28. The van der Waals surface area contributed by atoms with Crippen LogP contribution >= 0.6 is 23.2 Å². The third-order valence-corrected chi connectivity index (χ3v) is 3.13. The Morgan fingerprint density at radius 2 is 1.47 bits per heavy atom. The smallest absolute Gasteiger partial charge is 0.154 e. The molecule has 0 bridgehead atoms. The maximum atomic E-state index is 9.16. The molecule has 0 aromatic heterocycles. The van der Waals surface area contributed by atoms with E-state index in [0.717, 1.165) is 0 Å². The third-order valence-electron chi connectivity index (χ3n) is 2.44. The fraction of sp³-hybridized carbons (Fsp3) is 0. The molecule has 1 nitrogen and oxygen atoms in total. The number of hydrogen-bond donors (Lipinski definition) is 1. The van der Waals surface area contributed by atoms with Gasteiger partial charge in [0.1, 0.15) is 0 Å². The van der Waals surface area contributed by atoms with E-state index in [1.54, 1.807) is 6.07 Å². The Labute approximate surface area is 110 Å². The fourth-order valence-corrected chi connectivity index (χ4v) is 1.74. The van der Waals surface area contributed by atoms with E-state index in [-0.39, 0.29) is 15.8 Å². The van der Waals surface area contributed by atoms with E-state index in [1.807, 2.05) is 0 Å². The first-order valence-corrected chi connectivity index (χ1v) is 5.63. The van der Waals surface area contributed by atoms with Crippen molar-refractivity contribution in [3.8, 4) is 29.2 Å². The second kappa shape index (κ2) is 4.71. The number of aromatic hydroxyl groups is 1. The van der Waals surface area contributed by atoms with Crippen LogP contribution in [0.15, 0.2) is 36.4 Å². The molecule has 17 heavy (non-hydrogen) atoms. The number of phenolic OH excluding ortho intramolecular Hbond substituents is 1. The molecule has 0 unspecified atom stereocenters. The van der Waals surface area contributed by atoms with E-state index in [1.165, 1.54) is 17.2 Å². The summed E-state index contributed by atoms with van der Waals surface area (Å²) in [6, 6.07) is 11.6. The number of terminal acetylenes is 1. The van der Waals surface area contributed by atoms with E-state index in [9.17, 15) is 0 Å². The lowest BCUT2D eigenvalue weighted by atomic mass is 9.95. The summed E-state index contributed by atoms with van der Waals surface area (Å²) in [6.45, 7) is 0. The summed E-state index contributed by atoms with van der Waals surface area (Å²) in [5.41, 5.74) is 3.29. The lowest BCUT2D eigenvalue weighted by Gasteiger charge is -2.10. The van der Waals surface area contributed by atoms with Gasteiger partial charge in [0.25, 0.3) is 0 Å². The van der Waals surface area contributed by atoms with Gasteiger partial charge in [0.15, 0.2) is 5.75 Å². The van der Waals surface area contributed by atoms with Gasteiger partial charge >= 0.3 is 0 Å². The number of benzene rings is 2. The second-order valence-electron chi connectivity index (χ2n) is 3.48. The highest BCUT2D eigenvalue weighted by Crippen LogP contribution is 2.33. The monoisotopic (exact) mass is 262 g/mol. The Balaban J connectivity index is 0.000000148. The van der Waals surface area contributed by atoms with Gasteiger partial charge in [-0.05, 0) is 23.3 Å². The van der Waals surface area contributed by atoms with Gasteiger partial charge in [-0.15, -0.1) is 6.42 Å². The number of fused-ring (bicyclic) bond motifs is 1. The van der Waals surface area contributed by atoms with E-state index in [4.69, 9.17) is 34.7 Å². The Hall–Kier alpha value is -1.62. The zero-order valence-electron chi connectivity index (χ0n) is 8.74. The molecule has 0 aliphatic heterocycles. The van der Waals surface area contributed by atoms with Crippen LogP contribution in [0.1, 0.15) is 5.56 Å². The van der Waals surface area contributed by atoms with Crippen LogP contribution in [0.2, 0.25) is 10.0 Å². The minimum atomic E-state index is -0.163. The first kappa shape index (κ1) is 11.9. The zero-order valence-corrected chi connectivity index (χ0v) is 10.3. The van der Waals surface area contributed by atoms with Gasteiger partial charge in [0.2, 0.25) is 0 Å². The number of halogens is 2. The van der Waals surface area contributed by atoms with Gasteiger partial charge in [-0.2, -0.15) is 0 Å². The van der Waals surface area contributed by atoms with Crippen molar-refractivity contribution in [2.75, 3.05) is 0 Å². The lowest BCUT2D eigenvalue weighted by molar-refractivity contribution is 0.475. The molecule has 0 radical (unpaired) electrons. The molecule has 0 heterocycles. The predicted octanol–water partition coefficient (Wildman–Crippen LogP) is 4.35. The summed E-state index contributed by atoms with van der Waals surface area (Å²) < 4.78 is 0. The zero-order chi connectivity index (χ0) is 12.4. The van der Waals surface area contributed by atoms with Crippen LogP contribution in [0.25, 0.3) is 11.1 Å². The fourth-order valence-electron chi connectivity index (χ4n) is 1.32. The molecule has 0 saturated heterocycles. The Morgan fingerprint density at radius 3 is 1.82 bits per heavy atom. The molecule has 84 valence electrons. The summed E-state index contributed by atoms with van der Waals surface area (Å²) in [5, 5.41) is 9.49. The predicted molar refractivity (Wildman–Crippen MR) is 71.5 cm³/mol. The molecule has 0 atom stereocenters. The second-order valence-corrected chi connectivity index (χ2v) is 4.26. The molecule has 1 aromatic carbocycles. The van der Waals surface area contributed by atoms with Crippen molar-refractivity contribution in [2.45, 2.75) is 0 Å².